The van der Waals surface area contributed by atoms with Crippen LogP contribution in [0.25, 0.3) is 21.6 Å². The highest BCUT2D eigenvalue weighted by Gasteiger charge is 2.31. The van der Waals surface area contributed by atoms with Crippen molar-refractivity contribution < 1.29 is 13.9 Å². The molecule has 0 saturated carbocycles. The highest BCUT2D eigenvalue weighted by atomic mass is 32.1. The van der Waals surface area contributed by atoms with Crippen LogP contribution < -0.4 is 4.90 Å². The number of nitrogens with zero attached hydrogens (tertiary/aromatic N) is 1. The fraction of sp³-hybridized carbons (Fsp3) is 0.238. The number of halogens is 2. The molecule has 1 aliphatic carbocycles. The minimum Gasteiger partial charge on any atom is -0.384 e. The number of rotatable bonds is 1. The fourth-order valence-corrected chi connectivity index (χ4v) is 5.33. The standard InChI is InChI=1S/C21H17F2NOS/c22-12-9-15-16-11-18(24-7-3-4-8-24)26-21(16)14-6-2-1-5-13(14)20(25)19(15)17(23)10-12/h1-2,5-6,9-11,20,25H,3-4,7-8H2. The summed E-state index contributed by atoms with van der Waals surface area (Å²) in [6.45, 7) is 2.02. The van der Waals surface area contributed by atoms with Gasteiger partial charge in [-0.1, -0.05) is 24.3 Å². The molecule has 2 nitrogen and oxygen atoms in total. The molecule has 132 valence electrons. The van der Waals surface area contributed by atoms with E-state index in [1.165, 1.54) is 6.07 Å². The van der Waals surface area contributed by atoms with Gasteiger partial charge in [0.25, 0.3) is 0 Å². The third-order valence-corrected chi connectivity index (χ3v) is 6.52. The van der Waals surface area contributed by atoms with Gasteiger partial charge in [0.05, 0.1) is 5.00 Å². The lowest BCUT2D eigenvalue weighted by atomic mass is 9.95. The molecule has 0 spiro atoms. The van der Waals surface area contributed by atoms with Crippen molar-refractivity contribution in [3.63, 3.8) is 0 Å². The number of hydrogen-bond acceptors (Lipinski definition) is 3. The molecule has 1 N–H and O–H groups in total. The van der Waals surface area contributed by atoms with Crippen LogP contribution in [0.3, 0.4) is 0 Å². The monoisotopic (exact) mass is 369 g/mol. The molecule has 1 aromatic heterocycles. The van der Waals surface area contributed by atoms with Crippen LogP contribution in [-0.2, 0) is 0 Å². The Morgan fingerprint density at radius 1 is 0.962 bits per heavy atom. The van der Waals surface area contributed by atoms with Gasteiger partial charge in [-0.3, -0.25) is 0 Å². The summed E-state index contributed by atoms with van der Waals surface area (Å²) in [4.78, 5) is 3.29. The van der Waals surface area contributed by atoms with Gasteiger partial charge >= 0.3 is 0 Å². The molecule has 1 saturated heterocycles. The van der Waals surface area contributed by atoms with Gasteiger partial charge in [-0.25, -0.2) is 8.78 Å². The average Bonchev–Trinajstić information content (AvgIpc) is 3.28. The van der Waals surface area contributed by atoms with E-state index in [9.17, 15) is 13.9 Å². The zero-order valence-corrected chi connectivity index (χ0v) is 14.8. The van der Waals surface area contributed by atoms with E-state index in [1.54, 1.807) is 11.3 Å². The average molecular weight is 369 g/mol. The number of anilines is 1. The van der Waals surface area contributed by atoms with Crippen LogP contribution in [0.4, 0.5) is 13.8 Å². The van der Waals surface area contributed by atoms with E-state index in [1.807, 2.05) is 30.3 Å². The molecule has 2 aromatic carbocycles. The van der Waals surface area contributed by atoms with Gasteiger partial charge in [0.2, 0.25) is 0 Å². The Kier molecular flexibility index (Phi) is 3.62. The maximum atomic E-state index is 14.7. The van der Waals surface area contributed by atoms with Crippen LogP contribution in [0.15, 0.2) is 42.5 Å². The summed E-state index contributed by atoms with van der Waals surface area (Å²) < 4.78 is 28.7. The van der Waals surface area contributed by atoms with Crippen molar-refractivity contribution in [2.24, 2.45) is 0 Å². The molecule has 3 aromatic rings. The summed E-state index contributed by atoms with van der Waals surface area (Å²) in [6, 6.07) is 11.7. The Labute approximate surface area is 154 Å². The van der Waals surface area contributed by atoms with Crippen molar-refractivity contribution in [2.75, 3.05) is 18.0 Å². The van der Waals surface area contributed by atoms with E-state index in [4.69, 9.17) is 0 Å². The third-order valence-electron chi connectivity index (χ3n) is 5.29. The maximum absolute atomic E-state index is 14.7. The summed E-state index contributed by atoms with van der Waals surface area (Å²) in [6.07, 6.45) is 1.21. The molecular formula is C21H17F2NOS. The first kappa shape index (κ1) is 16.0. The van der Waals surface area contributed by atoms with Crippen LogP contribution in [0.2, 0.25) is 0 Å². The van der Waals surface area contributed by atoms with E-state index in [0.29, 0.717) is 11.1 Å². The maximum Gasteiger partial charge on any atom is 0.132 e. The van der Waals surface area contributed by atoms with Gasteiger partial charge in [-0.05, 0) is 41.7 Å². The normalized spacial score (nSPS) is 18.3. The molecule has 5 heteroatoms. The van der Waals surface area contributed by atoms with Crippen molar-refractivity contribution in [3.05, 3.63) is 65.2 Å². The Morgan fingerprint density at radius 2 is 1.73 bits per heavy atom. The number of aliphatic hydroxyl groups is 1. The van der Waals surface area contributed by atoms with E-state index in [0.717, 1.165) is 53.0 Å². The predicted molar refractivity (Wildman–Crippen MR) is 101 cm³/mol. The molecule has 1 aliphatic heterocycles. The molecular weight excluding hydrogens is 352 g/mol. The van der Waals surface area contributed by atoms with Gasteiger partial charge in [0.15, 0.2) is 0 Å². The molecule has 5 rings (SSSR count). The number of fused-ring (bicyclic) bond motifs is 5. The number of aliphatic hydroxyl groups excluding tert-OH is 1. The highest BCUT2D eigenvalue weighted by molar-refractivity contribution is 7.20. The Bertz CT molecular complexity index is 1010. The Hall–Kier alpha value is -2.24. The van der Waals surface area contributed by atoms with Gasteiger partial charge in [0.1, 0.15) is 17.7 Å². The summed E-state index contributed by atoms with van der Waals surface area (Å²) in [5.41, 5.74) is 2.95. The SMILES string of the molecule is OC1c2ccccc2-c2sc(N3CCCC3)cc2-c2cc(F)cc(F)c21. The lowest BCUT2D eigenvalue weighted by molar-refractivity contribution is 0.216. The van der Waals surface area contributed by atoms with E-state index < -0.39 is 17.7 Å². The predicted octanol–water partition coefficient (Wildman–Crippen LogP) is 5.36. The first-order chi connectivity index (χ1) is 12.6. The van der Waals surface area contributed by atoms with E-state index in [2.05, 4.69) is 4.90 Å². The second-order valence-electron chi connectivity index (χ2n) is 6.86. The van der Waals surface area contributed by atoms with Gasteiger partial charge in [-0.15, -0.1) is 11.3 Å². The van der Waals surface area contributed by atoms with Crippen LogP contribution in [0.5, 0.6) is 0 Å². The molecule has 0 bridgehead atoms. The Balaban J connectivity index is 1.83. The van der Waals surface area contributed by atoms with Gasteiger partial charge < -0.3 is 10.0 Å². The van der Waals surface area contributed by atoms with Crippen molar-refractivity contribution >= 4 is 16.3 Å². The minimum absolute atomic E-state index is 0.156. The van der Waals surface area contributed by atoms with Crippen LogP contribution in [0, 0.1) is 11.6 Å². The van der Waals surface area contributed by atoms with E-state index >= 15 is 0 Å². The van der Waals surface area contributed by atoms with Crippen LogP contribution in [-0.4, -0.2) is 18.2 Å². The van der Waals surface area contributed by atoms with Crippen molar-refractivity contribution in [1.29, 1.82) is 0 Å². The molecule has 2 aliphatic rings. The fourth-order valence-electron chi connectivity index (χ4n) is 4.05. The van der Waals surface area contributed by atoms with Crippen molar-refractivity contribution in [3.8, 4) is 21.6 Å². The van der Waals surface area contributed by atoms with Gasteiger partial charge in [0, 0.05) is 35.2 Å². The second kappa shape index (κ2) is 5.89. The van der Waals surface area contributed by atoms with E-state index in [-0.39, 0.29) is 5.56 Å². The third kappa shape index (κ3) is 2.31. The zero-order chi connectivity index (χ0) is 17.8. The minimum atomic E-state index is -1.11. The summed E-state index contributed by atoms with van der Waals surface area (Å²) >= 11 is 1.64. The molecule has 1 unspecified atom stereocenters. The lowest BCUT2D eigenvalue weighted by Gasteiger charge is -2.17. The van der Waals surface area contributed by atoms with Crippen LogP contribution in [0.1, 0.15) is 30.1 Å². The number of thiophene rings is 1. The molecule has 26 heavy (non-hydrogen) atoms. The van der Waals surface area contributed by atoms with Crippen LogP contribution >= 0.6 is 11.3 Å². The summed E-state index contributed by atoms with van der Waals surface area (Å²) in [5, 5.41) is 12.0. The largest absolute Gasteiger partial charge is 0.384 e. The zero-order valence-electron chi connectivity index (χ0n) is 14.0. The molecule has 1 fully saturated rings. The molecule has 0 radical (unpaired) electrons. The quantitative estimate of drug-likeness (QED) is 0.625. The Morgan fingerprint density at radius 3 is 2.54 bits per heavy atom. The first-order valence-corrected chi connectivity index (χ1v) is 9.60. The van der Waals surface area contributed by atoms with Crippen molar-refractivity contribution in [2.45, 2.75) is 18.9 Å². The summed E-state index contributed by atoms with van der Waals surface area (Å²) in [7, 11) is 0. The number of hydrogen-bond donors (Lipinski definition) is 1. The van der Waals surface area contributed by atoms with Crippen molar-refractivity contribution in [1.82, 2.24) is 0 Å². The highest BCUT2D eigenvalue weighted by Crippen LogP contribution is 2.51. The topological polar surface area (TPSA) is 23.5 Å². The molecule has 0 amide bonds. The van der Waals surface area contributed by atoms with Gasteiger partial charge in [-0.2, -0.15) is 0 Å². The first-order valence-electron chi connectivity index (χ1n) is 8.79. The molecule has 1 atom stereocenters. The summed E-state index contributed by atoms with van der Waals surface area (Å²) in [5.74, 6) is -1.33. The lowest BCUT2D eigenvalue weighted by Crippen LogP contribution is -2.15. The molecule has 2 heterocycles. The smallest absolute Gasteiger partial charge is 0.132 e. The number of benzene rings is 2. The second-order valence-corrected chi connectivity index (χ2v) is 7.89.